The molecule has 118 valence electrons. The third kappa shape index (κ3) is 6.04. The molecule has 21 heavy (non-hydrogen) atoms. The highest BCUT2D eigenvalue weighted by Gasteiger charge is 2.24. The summed E-state index contributed by atoms with van der Waals surface area (Å²) in [7, 11) is 0. The third-order valence-corrected chi connectivity index (χ3v) is 3.33. The summed E-state index contributed by atoms with van der Waals surface area (Å²) in [5.41, 5.74) is 0.374. The first kappa shape index (κ1) is 18.0. The van der Waals surface area contributed by atoms with Gasteiger partial charge in [0.15, 0.2) is 5.78 Å². The number of aromatic nitrogens is 1. The molecule has 0 fully saturated rings. The molecular weight excluding hydrogens is 286 g/mol. The number of ketones is 1. The summed E-state index contributed by atoms with van der Waals surface area (Å²) in [5.74, 6) is 0.423. The Morgan fingerprint density at radius 1 is 1.24 bits per heavy atom. The van der Waals surface area contributed by atoms with Crippen molar-refractivity contribution in [2.45, 2.75) is 54.4 Å². The van der Waals surface area contributed by atoms with E-state index in [0.29, 0.717) is 28.5 Å². The zero-order chi connectivity index (χ0) is 16.3. The Balaban J connectivity index is 2.65. The maximum Gasteiger partial charge on any atom is 0.232 e. The monoisotopic (exact) mass is 311 g/mol. The van der Waals surface area contributed by atoms with E-state index in [1.54, 1.807) is 12.3 Å². The molecule has 0 unspecified atom stereocenters. The van der Waals surface area contributed by atoms with Crippen LogP contribution < -0.4 is 4.74 Å². The molecule has 4 heteroatoms. The zero-order valence-corrected chi connectivity index (χ0v) is 14.7. The Hall–Kier alpha value is -1.09. The van der Waals surface area contributed by atoms with Gasteiger partial charge in [0.2, 0.25) is 5.88 Å². The van der Waals surface area contributed by atoms with E-state index >= 15 is 0 Å². The minimum atomic E-state index is -0.444. The lowest BCUT2D eigenvalue weighted by molar-refractivity contribution is 0.0858. The van der Waals surface area contributed by atoms with Crippen molar-refractivity contribution in [3.8, 4) is 5.88 Å². The number of hydrogen-bond acceptors (Lipinski definition) is 3. The predicted octanol–water partition coefficient (Wildman–Crippen LogP) is 5.17. The number of halogens is 1. The molecule has 0 saturated carbocycles. The van der Waals surface area contributed by atoms with Gasteiger partial charge in [-0.15, -0.1) is 0 Å². The van der Waals surface area contributed by atoms with E-state index in [2.05, 4.69) is 25.8 Å². The summed E-state index contributed by atoms with van der Waals surface area (Å²) in [4.78, 5) is 16.3. The topological polar surface area (TPSA) is 39.2 Å². The molecular formula is C17H26ClNO2. The predicted molar refractivity (Wildman–Crippen MR) is 87.2 cm³/mol. The standard InChI is InChI=1S/C17H26ClNO2/c1-16(2,3)8-7-9-21-15-13(18)10-12(11-19-15)14(20)17(4,5)6/h10-11H,7-9H2,1-6H3. The van der Waals surface area contributed by atoms with Crippen molar-refractivity contribution in [1.29, 1.82) is 0 Å². The number of pyridine rings is 1. The van der Waals surface area contributed by atoms with Crippen molar-refractivity contribution < 1.29 is 9.53 Å². The van der Waals surface area contributed by atoms with Gasteiger partial charge in [0.05, 0.1) is 6.61 Å². The number of carbonyl (C=O) groups excluding carboxylic acids is 1. The van der Waals surface area contributed by atoms with Gasteiger partial charge < -0.3 is 4.74 Å². The third-order valence-electron chi connectivity index (χ3n) is 3.06. The summed E-state index contributed by atoms with van der Waals surface area (Å²) in [6, 6.07) is 1.64. The summed E-state index contributed by atoms with van der Waals surface area (Å²) >= 11 is 6.15. The van der Waals surface area contributed by atoms with Gasteiger partial charge >= 0.3 is 0 Å². The molecule has 0 atom stereocenters. The number of Topliss-reactive ketones (excluding diaryl/α,β-unsaturated/α-hetero) is 1. The van der Waals surface area contributed by atoms with Crippen LogP contribution >= 0.6 is 11.6 Å². The van der Waals surface area contributed by atoms with Crippen molar-refractivity contribution in [3.05, 3.63) is 22.8 Å². The average Bonchev–Trinajstić information content (AvgIpc) is 2.32. The van der Waals surface area contributed by atoms with Crippen molar-refractivity contribution in [1.82, 2.24) is 4.98 Å². The molecule has 0 aliphatic heterocycles. The van der Waals surface area contributed by atoms with Crippen molar-refractivity contribution >= 4 is 17.4 Å². The zero-order valence-electron chi connectivity index (χ0n) is 13.9. The van der Waals surface area contributed by atoms with Crippen LogP contribution in [0.3, 0.4) is 0 Å². The Morgan fingerprint density at radius 3 is 2.33 bits per heavy atom. The van der Waals surface area contributed by atoms with Crippen LogP contribution in [0.15, 0.2) is 12.3 Å². The molecule has 1 aromatic rings. The Morgan fingerprint density at radius 2 is 1.86 bits per heavy atom. The maximum absolute atomic E-state index is 12.2. The molecule has 0 spiro atoms. The smallest absolute Gasteiger partial charge is 0.232 e. The molecule has 0 saturated heterocycles. The largest absolute Gasteiger partial charge is 0.477 e. The maximum atomic E-state index is 12.2. The first-order valence-corrected chi connectivity index (χ1v) is 7.72. The van der Waals surface area contributed by atoms with Gasteiger partial charge in [0.1, 0.15) is 5.02 Å². The van der Waals surface area contributed by atoms with Crippen LogP contribution in [0.25, 0.3) is 0 Å². The van der Waals surface area contributed by atoms with Crippen LogP contribution in [0.1, 0.15) is 64.7 Å². The second-order valence-corrected chi connectivity index (χ2v) is 8.01. The number of ether oxygens (including phenoxy) is 1. The van der Waals surface area contributed by atoms with Gasteiger partial charge in [-0.1, -0.05) is 53.1 Å². The molecule has 1 rings (SSSR count). The van der Waals surface area contributed by atoms with Crippen LogP contribution in [0, 0.1) is 10.8 Å². The molecule has 1 aromatic heterocycles. The van der Waals surface area contributed by atoms with E-state index in [-0.39, 0.29) is 5.78 Å². The Bertz CT molecular complexity index is 498. The van der Waals surface area contributed by atoms with Gasteiger partial charge in [-0.05, 0) is 24.3 Å². The van der Waals surface area contributed by atoms with Crippen LogP contribution in [0.5, 0.6) is 5.88 Å². The average molecular weight is 312 g/mol. The van der Waals surface area contributed by atoms with E-state index in [9.17, 15) is 4.79 Å². The fourth-order valence-electron chi connectivity index (χ4n) is 1.86. The van der Waals surface area contributed by atoms with Gasteiger partial charge in [0.25, 0.3) is 0 Å². The first-order valence-electron chi connectivity index (χ1n) is 7.34. The van der Waals surface area contributed by atoms with Crippen LogP contribution in [-0.2, 0) is 0 Å². The van der Waals surface area contributed by atoms with Gasteiger partial charge in [0, 0.05) is 17.2 Å². The van der Waals surface area contributed by atoms with E-state index in [4.69, 9.17) is 16.3 Å². The normalized spacial score (nSPS) is 12.3. The molecule has 0 N–H and O–H groups in total. The number of rotatable bonds is 5. The summed E-state index contributed by atoms with van der Waals surface area (Å²) in [6.45, 7) is 12.8. The lowest BCUT2D eigenvalue weighted by atomic mass is 9.87. The highest BCUT2D eigenvalue weighted by Crippen LogP contribution is 2.27. The molecule has 0 amide bonds. The molecule has 0 radical (unpaired) electrons. The molecule has 0 aliphatic carbocycles. The van der Waals surface area contributed by atoms with Crippen LogP contribution in [-0.4, -0.2) is 17.4 Å². The number of carbonyl (C=O) groups is 1. The molecule has 0 aliphatic rings. The van der Waals surface area contributed by atoms with Crippen molar-refractivity contribution in [2.75, 3.05) is 6.61 Å². The summed E-state index contributed by atoms with van der Waals surface area (Å²) in [6.07, 6.45) is 3.56. The summed E-state index contributed by atoms with van der Waals surface area (Å²) in [5, 5.41) is 0.390. The fraction of sp³-hybridized carbons (Fsp3) is 0.647. The highest BCUT2D eigenvalue weighted by atomic mass is 35.5. The second kappa shape index (κ2) is 6.78. The minimum Gasteiger partial charge on any atom is -0.477 e. The Kier molecular flexibility index (Phi) is 5.80. The van der Waals surface area contributed by atoms with Gasteiger partial charge in [-0.3, -0.25) is 4.79 Å². The molecule has 0 bridgehead atoms. The van der Waals surface area contributed by atoms with Crippen molar-refractivity contribution in [3.63, 3.8) is 0 Å². The molecule has 0 aromatic carbocycles. The van der Waals surface area contributed by atoms with Crippen LogP contribution in [0.4, 0.5) is 0 Å². The minimum absolute atomic E-state index is 0.0242. The first-order chi connectivity index (χ1) is 9.50. The lowest BCUT2D eigenvalue weighted by Crippen LogP contribution is -2.20. The van der Waals surface area contributed by atoms with E-state index < -0.39 is 5.41 Å². The van der Waals surface area contributed by atoms with Gasteiger partial charge in [-0.25, -0.2) is 4.98 Å². The van der Waals surface area contributed by atoms with Gasteiger partial charge in [-0.2, -0.15) is 0 Å². The fourth-order valence-corrected chi connectivity index (χ4v) is 2.08. The SMILES string of the molecule is CC(C)(C)CCCOc1ncc(C(=O)C(C)(C)C)cc1Cl. The Labute approximate surface area is 133 Å². The van der Waals surface area contributed by atoms with E-state index in [1.807, 2.05) is 20.8 Å². The number of nitrogens with zero attached hydrogens (tertiary/aromatic N) is 1. The quantitative estimate of drug-likeness (QED) is 0.556. The molecule has 3 nitrogen and oxygen atoms in total. The van der Waals surface area contributed by atoms with Crippen molar-refractivity contribution in [2.24, 2.45) is 10.8 Å². The molecule has 1 heterocycles. The number of hydrogen-bond donors (Lipinski definition) is 0. The van der Waals surface area contributed by atoms with E-state index in [0.717, 1.165) is 12.8 Å². The highest BCUT2D eigenvalue weighted by molar-refractivity contribution is 6.32. The second-order valence-electron chi connectivity index (χ2n) is 7.60. The van der Waals surface area contributed by atoms with E-state index in [1.165, 1.54) is 0 Å². The summed E-state index contributed by atoms with van der Waals surface area (Å²) < 4.78 is 5.60. The van der Waals surface area contributed by atoms with Crippen LogP contribution in [0.2, 0.25) is 5.02 Å². The lowest BCUT2D eigenvalue weighted by Gasteiger charge is -2.18.